The van der Waals surface area contributed by atoms with Crippen molar-refractivity contribution in [3.63, 3.8) is 0 Å². The summed E-state index contributed by atoms with van der Waals surface area (Å²) >= 11 is 0. The number of rotatable bonds is 12. The molecular formula is C19H30O8. The molecule has 0 aromatic carbocycles. The van der Waals surface area contributed by atoms with Gasteiger partial charge in [0.2, 0.25) is 0 Å². The van der Waals surface area contributed by atoms with E-state index in [9.17, 15) is 14.4 Å². The highest BCUT2D eigenvalue weighted by molar-refractivity contribution is 5.87. The molecule has 0 aliphatic carbocycles. The minimum Gasteiger partial charge on any atom is -0.478 e. The molecular weight excluding hydrogens is 356 g/mol. The zero-order chi connectivity index (χ0) is 21.2. The fraction of sp³-hybridized carbons (Fsp3) is 0.526. The van der Waals surface area contributed by atoms with Crippen LogP contribution in [0.3, 0.4) is 0 Å². The van der Waals surface area contributed by atoms with Crippen LogP contribution in [-0.4, -0.2) is 62.7 Å². The van der Waals surface area contributed by atoms with E-state index in [1.54, 1.807) is 33.8 Å². The first-order valence-electron chi connectivity index (χ1n) is 8.30. The highest BCUT2D eigenvalue weighted by atomic mass is 16.6. The monoisotopic (exact) mass is 386 g/mol. The van der Waals surface area contributed by atoms with Gasteiger partial charge in [-0.1, -0.05) is 19.2 Å². The second-order valence-electron chi connectivity index (χ2n) is 5.33. The van der Waals surface area contributed by atoms with Gasteiger partial charge in [-0.05, 0) is 27.7 Å². The second kappa shape index (κ2) is 17.0. The molecule has 0 aromatic rings. The fourth-order valence-electron chi connectivity index (χ4n) is 1.08. The number of carbonyl (C=O) groups is 3. The molecule has 0 atom stereocenters. The molecule has 1 N–H and O–H groups in total. The van der Waals surface area contributed by atoms with E-state index in [1.807, 2.05) is 0 Å². The first-order chi connectivity index (χ1) is 12.6. The molecule has 0 saturated heterocycles. The van der Waals surface area contributed by atoms with Crippen LogP contribution in [0.4, 0.5) is 0 Å². The van der Waals surface area contributed by atoms with Crippen LogP contribution < -0.4 is 0 Å². The van der Waals surface area contributed by atoms with Gasteiger partial charge in [0.05, 0.1) is 26.4 Å². The molecule has 0 heterocycles. The number of ether oxygens (including phenoxy) is 4. The van der Waals surface area contributed by atoms with Gasteiger partial charge in [0.1, 0.15) is 13.2 Å². The molecule has 8 nitrogen and oxygen atoms in total. The van der Waals surface area contributed by atoms with Gasteiger partial charge >= 0.3 is 17.9 Å². The number of hydrogen-bond acceptors (Lipinski definition) is 7. The van der Waals surface area contributed by atoms with Gasteiger partial charge < -0.3 is 24.1 Å². The van der Waals surface area contributed by atoms with Gasteiger partial charge in [-0.2, -0.15) is 0 Å². The summed E-state index contributed by atoms with van der Waals surface area (Å²) in [5.41, 5.74) is 1.11. The van der Waals surface area contributed by atoms with E-state index in [0.29, 0.717) is 43.1 Å². The van der Waals surface area contributed by atoms with Crippen molar-refractivity contribution in [1.82, 2.24) is 0 Å². The van der Waals surface area contributed by atoms with Crippen molar-refractivity contribution in [2.45, 2.75) is 27.7 Å². The molecule has 0 unspecified atom stereocenters. The van der Waals surface area contributed by atoms with Gasteiger partial charge in [0.25, 0.3) is 0 Å². The van der Waals surface area contributed by atoms with Crippen molar-refractivity contribution in [3.05, 3.63) is 36.0 Å². The first kappa shape index (κ1) is 26.8. The lowest BCUT2D eigenvalue weighted by molar-refractivity contribution is -0.142. The summed E-state index contributed by atoms with van der Waals surface area (Å²) < 4.78 is 20.0. The number of aliphatic carboxylic acids is 1. The molecule has 0 amide bonds. The average molecular weight is 386 g/mol. The van der Waals surface area contributed by atoms with E-state index in [-0.39, 0.29) is 13.2 Å². The van der Waals surface area contributed by atoms with Crippen LogP contribution in [0, 0.1) is 0 Å². The minimum absolute atomic E-state index is 0.182. The van der Waals surface area contributed by atoms with Crippen LogP contribution in [0.1, 0.15) is 27.7 Å². The maximum Gasteiger partial charge on any atom is 0.333 e. The van der Waals surface area contributed by atoms with Gasteiger partial charge in [0, 0.05) is 16.7 Å². The number of carboxylic acids is 1. The Labute approximate surface area is 160 Å². The Morgan fingerprint density at radius 2 is 1.11 bits per heavy atom. The predicted molar refractivity (Wildman–Crippen MR) is 100 cm³/mol. The maximum absolute atomic E-state index is 11.0. The van der Waals surface area contributed by atoms with Crippen LogP contribution >= 0.6 is 0 Å². The Balaban J connectivity index is 0. The van der Waals surface area contributed by atoms with Gasteiger partial charge in [0.15, 0.2) is 0 Å². The summed E-state index contributed by atoms with van der Waals surface area (Å²) in [6, 6.07) is 0. The minimum atomic E-state index is -0.845. The molecule has 0 radical (unpaired) electrons. The van der Waals surface area contributed by atoms with Crippen molar-refractivity contribution < 1.29 is 38.4 Å². The summed E-state index contributed by atoms with van der Waals surface area (Å²) in [7, 11) is 0. The molecule has 0 saturated carbocycles. The zero-order valence-electron chi connectivity index (χ0n) is 16.5. The Morgan fingerprint density at radius 3 is 1.33 bits per heavy atom. The summed E-state index contributed by atoms with van der Waals surface area (Å²) in [6.45, 7) is 15.0. The van der Waals surface area contributed by atoms with Gasteiger partial charge in [-0.3, -0.25) is 0 Å². The number of esters is 2. The van der Waals surface area contributed by atoms with E-state index in [4.69, 9.17) is 24.1 Å². The van der Waals surface area contributed by atoms with Crippen LogP contribution in [0.5, 0.6) is 0 Å². The van der Waals surface area contributed by atoms with Crippen LogP contribution in [0.15, 0.2) is 36.0 Å². The molecule has 8 heteroatoms. The molecule has 0 rings (SSSR count). The lowest BCUT2D eigenvalue weighted by atomic mass is 10.3. The van der Waals surface area contributed by atoms with Gasteiger partial charge in [-0.15, -0.1) is 0 Å². The number of carbonyl (C=O) groups excluding carboxylic acids is 2. The molecule has 0 aromatic heterocycles. The lowest BCUT2D eigenvalue weighted by Crippen LogP contribution is -2.15. The second-order valence-corrected chi connectivity index (χ2v) is 5.33. The smallest absolute Gasteiger partial charge is 0.333 e. The third-order valence-corrected chi connectivity index (χ3v) is 2.76. The fourth-order valence-corrected chi connectivity index (χ4v) is 1.08. The van der Waals surface area contributed by atoms with Crippen molar-refractivity contribution in [3.8, 4) is 0 Å². The average Bonchev–Trinajstić information content (AvgIpc) is 2.62. The largest absolute Gasteiger partial charge is 0.478 e. The van der Waals surface area contributed by atoms with E-state index >= 15 is 0 Å². The quantitative estimate of drug-likeness (QED) is 0.309. The molecule has 0 aliphatic rings. The SMILES string of the molecule is C=C(C)C(=O)OCCOCCOCCOC(=O)C(=C)C.CC=C(C)C(=O)O. The van der Waals surface area contributed by atoms with Crippen LogP contribution in [-0.2, 0) is 33.3 Å². The third-order valence-electron chi connectivity index (χ3n) is 2.76. The normalized spacial score (nSPS) is 10.3. The highest BCUT2D eigenvalue weighted by Crippen LogP contribution is 1.93. The standard InChI is InChI=1S/C14H22O6.C5H8O2/c1-11(2)13(15)19-9-7-17-5-6-18-8-10-20-14(16)12(3)4;1-3-4(2)5(6)7/h1,3,5-10H2,2,4H3;3H,1-2H3,(H,6,7). The summed E-state index contributed by atoms with van der Waals surface area (Å²) in [4.78, 5) is 31.9. The van der Waals surface area contributed by atoms with E-state index in [2.05, 4.69) is 13.2 Å². The number of hydrogen-bond donors (Lipinski definition) is 1. The lowest BCUT2D eigenvalue weighted by Gasteiger charge is -2.07. The van der Waals surface area contributed by atoms with Crippen LogP contribution in [0.2, 0.25) is 0 Å². The third kappa shape index (κ3) is 18.1. The highest BCUT2D eigenvalue weighted by Gasteiger charge is 2.03. The van der Waals surface area contributed by atoms with Crippen molar-refractivity contribution >= 4 is 17.9 Å². The van der Waals surface area contributed by atoms with Crippen LogP contribution in [0.25, 0.3) is 0 Å². The predicted octanol–water partition coefficient (Wildman–Crippen LogP) is 2.30. The number of carboxylic acid groups (broad SMARTS) is 1. The zero-order valence-corrected chi connectivity index (χ0v) is 16.5. The maximum atomic E-state index is 11.0. The van der Waals surface area contributed by atoms with Crippen molar-refractivity contribution in [2.75, 3.05) is 39.6 Å². The van der Waals surface area contributed by atoms with E-state index in [0.717, 1.165) is 0 Å². The number of allylic oxidation sites excluding steroid dienone is 1. The Morgan fingerprint density at radius 1 is 0.778 bits per heavy atom. The Kier molecular flexibility index (Phi) is 16.8. The Hall–Kier alpha value is -2.45. The summed E-state index contributed by atoms with van der Waals surface area (Å²) in [5, 5.41) is 8.11. The van der Waals surface area contributed by atoms with E-state index < -0.39 is 17.9 Å². The van der Waals surface area contributed by atoms with Crippen molar-refractivity contribution in [2.24, 2.45) is 0 Å². The first-order valence-corrected chi connectivity index (χ1v) is 8.30. The molecule has 27 heavy (non-hydrogen) atoms. The summed E-state index contributed by atoms with van der Waals surface area (Å²) in [5.74, 6) is -1.70. The molecule has 0 bridgehead atoms. The molecule has 0 aliphatic heterocycles. The summed E-state index contributed by atoms with van der Waals surface area (Å²) in [6.07, 6.45) is 1.56. The van der Waals surface area contributed by atoms with Gasteiger partial charge in [-0.25, -0.2) is 14.4 Å². The van der Waals surface area contributed by atoms with Crippen molar-refractivity contribution in [1.29, 1.82) is 0 Å². The van der Waals surface area contributed by atoms with E-state index in [1.165, 1.54) is 0 Å². The Bertz CT molecular complexity index is 500. The molecule has 154 valence electrons. The topological polar surface area (TPSA) is 108 Å². The molecule has 0 spiro atoms. The molecule has 0 fully saturated rings.